The number of ether oxygens (including phenoxy) is 4. The summed E-state index contributed by atoms with van der Waals surface area (Å²) in [6.07, 6.45) is 3.36. The van der Waals surface area contributed by atoms with Crippen LogP contribution in [-0.2, 0) is 20.8 Å². The Labute approximate surface area is 172 Å². The minimum Gasteiger partial charge on any atom is -0.489 e. The Kier molecular flexibility index (Phi) is 7.12. The molecule has 6 heteroatoms. The Morgan fingerprint density at radius 2 is 1.72 bits per heavy atom. The highest BCUT2D eigenvalue weighted by Gasteiger charge is 2.35. The van der Waals surface area contributed by atoms with Gasteiger partial charge >= 0.3 is 5.97 Å². The molecule has 0 radical (unpaired) electrons. The van der Waals surface area contributed by atoms with Gasteiger partial charge in [-0.1, -0.05) is 30.3 Å². The molecule has 6 nitrogen and oxygen atoms in total. The van der Waals surface area contributed by atoms with Gasteiger partial charge in [0, 0.05) is 38.8 Å². The number of carbonyl (C=O) groups is 1. The summed E-state index contributed by atoms with van der Waals surface area (Å²) in [5, 5.41) is 3.48. The number of esters is 1. The quantitative estimate of drug-likeness (QED) is 0.524. The van der Waals surface area contributed by atoms with Crippen molar-refractivity contribution in [1.82, 2.24) is 0 Å². The zero-order chi connectivity index (χ0) is 20.7. The number of anilines is 1. The molecule has 0 aromatic heterocycles. The van der Waals surface area contributed by atoms with Crippen molar-refractivity contribution in [2.45, 2.75) is 44.1 Å². The first kappa shape index (κ1) is 21.1. The average molecular weight is 399 g/mol. The van der Waals surface area contributed by atoms with Crippen molar-refractivity contribution in [2.75, 3.05) is 26.6 Å². The third kappa shape index (κ3) is 5.28. The zero-order valence-electron chi connectivity index (χ0n) is 17.3. The second-order valence-electron chi connectivity index (χ2n) is 7.21. The van der Waals surface area contributed by atoms with Crippen molar-refractivity contribution in [1.29, 1.82) is 0 Å². The lowest BCUT2D eigenvalue weighted by Crippen LogP contribution is -2.41. The van der Waals surface area contributed by atoms with E-state index in [1.54, 1.807) is 20.3 Å². The highest BCUT2D eigenvalue weighted by molar-refractivity contribution is 5.96. The number of hydrogen-bond acceptors (Lipinski definition) is 6. The fourth-order valence-corrected chi connectivity index (χ4v) is 3.67. The maximum absolute atomic E-state index is 12.3. The monoisotopic (exact) mass is 399 g/mol. The van der Waals surface area contributed by atoms with E-state index >= 15 is 0 Å². The third-order valence-corrected chi connectivity index (χ3v) is 5.50. The van der Waals surface area contributed by atoms with Crippen LogP contribution >= 0.6 is 0 Å². The molecule has 1 aliphatic carbocycles. The van der Waals surface area contributed by atoms with E-state index in [0.717, 1.165) is 36.9 Å². The van der Waals surface area contributed by atoms with Gasteiger partial charge in [0.2, 0.25) is 0 Å². The van der Waals surface area contributed by atoms with Crippen LogP contribution in [0.3, 0.4) is 0 Å². The van der Waals surface area contributed by atoms with Crippen LogP contribution in [0.15, 0.2) is 48.5 Å². The van der Waals surface area contributed by atoms with E-state index in [0.29, 0.717) is 17.9 Å². The van der Waals surface area contributed by atoms with Gasteiger partial charge in [0.15, 0.2) is 5.79 Å². The second-order valence-corrected chi connectivity index (χ2v) is 7.21. The predicted octanol–water partition coefficient (Wildman–Crippen LogP) is 4.40. The summed E-state index contributed by atoms with van der Waals surface area (Å²) in [4.78, 5) is 12.3. The van der Waals surface area contributed by atoms with Gasteiger partial charge in [-0.2, -0.15) is 0 Å². The van der Waals surface area contributed by atoms with Crippen LogP contribution in [0.5, 0.6) is 5.75 Å². The van der Waals surface area contributed by atoms with E-state index in [-0.39, 0.29) is 6.04 Å². The number of methoxy groups -OCH3 is 3. The molecule has 0 bridgehead atoms. The summed E-state index contributed by atoms with van der Waals surface area (Å²) in [5.41, 5.74) is 2.28. The molecule has 3 rings (SSSR count). The Hall–Kier alpha value is -2.57. The van der Waals surface area contributed by atoms with Crippen LogP contribution in [0.25, 0.3) is 0 Å². The van der Waals surface area contributed by atoms with Crippen molar-refractivity contribution < 1.29 is 23.7 Å². The topological polar surface area (TPSA) is 66.0 Å². The van der Waals surface area contributed by atoms with Crippen LogP contribution in [0, 0.1) is 0 Å². The molecule has 1 saturated carbocycles. The number of nitrogens with one attached hydrogen (secondary N) is 1. The fourth-order valence-electron chi connectivity index (χ4n) is 3.67. The molecule has 29 heavy (non-hydrogen) atoms. The molecule has 0 spiro atoms. The van der Waals surface area contributed by atoms with E-state index in [9.17, 15) is 4.79 Å². The molecule has 2 aromatic rings. The summed E-state index contributed by atoms with van der Waals surface area (Å²) in [5.74, 6) is -0.267. The molecule has 0 saturated heterocycles. The van der Waals surface area contributed by atoms with Crippen molar-refractivity contribution in [3.05, 3.63) is 59.7 Å². The van der Waals surface area contributed by atoms with Crippen LogP contribution in [0.1, 0.15) is 41.6 Å². The molecule has 156 valence electrons. The SMILES string of the molecule is COC(=O)c1cc(OCc2ccccc2)ccc1NC1CCC(OC)(OC)CC1. The Morgan fingerprint density at radius 3 is 2.34 bits per heavy atom. The van der Waals surface area contributed by atoms with Gasteiger partial charge in [-0.3, -0.25) is 0 Å². The van der Waals surface area contributed by atoms with Gasteiger partial charge in [-0.25, -0.2) is 4.79 Å². The van der Waals surface area contributed by atoms with E-state index in [1.165, 1.54) is 7.11 Å². The first-order chi connectivity index (χ1) is 14.1. The average Bonchev–Trinajstić information content (AvgIpc) is 2.79. The van der Waals surface area contributed by atoms with E-state index < -0.39 is 11.8 Å². The minimum absolute atomic E-state index is 0.230. The van der Waals surface area contributed by atoms with E-state index in [1.807, 2.05) is 42.5 Å². The molecular formula is C23H29NO5. The molecule has 1 N–H and O–H groups in total. The number of benzene rings is 2. The molecule has 0 unspecified atom stereocenters. The van der Waals surface area contributed by atoms with Crippen LogP contribution in [0.2, 0.25) is 0 Å². The molecule has 1 fully saturated rings. The molecule has 0 heterocycles. The Morgan fingerprint density at radius 1 is 1.03 bits per heavy atom. The maximum atomic E-state index is 12.3. The molecule has 0 amide bonds. The normalized spacial score (nSPS) is 16.2. The number of rotatable bonds is 8. The van der Waals surface area contributed by atoms with E-state index in [2.05, 4.69) is 5.32 Å². The van der Waals surface area contributed by atoms with Gasteiger partial charge in [-0.15, -0.1) is 0 Å². The largest absolute Gasteiger partial charge is 0.489 e. The predicted molar refractivity (Wildman–Crippen MR) is 111 cm³/mol. The van der Waals surface area contributed by atoms with Gasteiger partial charge in [0.25, 0.3) is 0 Å². The summed E-state index contributed by atoms with van der Waals surface area (Å²) in [6.45, 7) is 0.437. The first-order valence-electron chi connectivity index (χ1n) is 9.85. The smallest absolute Gasteiger partial charge is 0.340 e. The Bertz CT molecular complexity index is 794. The van der Waals surface area contributed by atoms with E-state index in [4.69, 9.17) is 18.9 Å². The fraction of sp³-hybridized carbons (Fsp3) is 0.435. The van der Waals surface area contributed by atoms with Crippen molar-refractivity contribution in [3.8, 4) is 5.75 Å². The summed E-state index contributed by atoms with van der Waals surface area (Å²) >= 11 is 0. The lowest BCUT2D eigenvalue weighted by molar-refractivity contribution is -0.223. The zero-order valence-corrected chi connectivity index (χ0v) is 17.3. The van der Waals surface area contributed by atoms with Gasteiger partial charge < -0.3 is 24.3 Å². The van der Waals surface area contributed by atoms with Crippen LogP contribution < -0.4 is 10.1 Å². The Balaban J connectivity index is 1.69. The third-order valence-electron chi connectivity index (χ3n) is 5.50. The minimum atomic E-state index is -0.501. The lowest BCUT2D eigenvalue weighted by atomic mass is 9.89. The molecule has 1 aliphatic rings. The van der Waals surface area contributed by atoms with Crippen LogP contribution in [0.4, 0.5) is 5.69 Å². The molecular weight excluding hydrogens is 370 g/mol. The van der Waals surface area contributed by atoms with Crippen LogP contribution in [-0.4, -0.2) is 39.1 Å². The standard InChI is InChI=1S/C23H29NO5/c1-26-22(25)20-15-19(29-16-17-7-5-4-6-8-17)9-10-21(20)24-18-11-13-23(27-2,28-3)14-12-18/h4-10,15,18,24H,11-14,16H2,1-3H3. The van der Waals surface area contributed by atoms with Crippen molar-refractivity contribution in [3.63, 3.8) is 0 Å². The van der Waals surface area contributed by atoms with Gasteiger partial charge in [0.1, 0.15) is 12.4 Å². The number of carbonyl (C=O) groups excluding carboxylic acids is 1. The molecule has 0 aliphatic heterocycles. The second kappa shape index (κ2) is 9.76. The van der Waals surface area contributed by atoms with Gasteiger partial charge in [0.05, 0.1) is 12.7 Å². The first-order valence-corrected chi connectivity index (χ1v) is 9.85. The molecule has 2 aromatic carbocycles. The maximum Gasteiger partial charge on any atom is 0.340 e. The lowest BCUT2D eigenvalue weighted by Gasteiger charge is -2.38. The summed E-state index contributed by atoms with van der Waals surface area (Å²) < 4.78 is 21.9. The van der Waals surface area contributed by atoms with Gasteiger partial charge in [-0.05, 0) is 36.6 Å². The van der Waals surface area contributed by atoms with Crippen molar-refractivity contribution in [2.24, 2.45) is 0 Å². The summed E-state index contributed by atoms with van der Waals surface area (Å²) in [7, 11) is 4.75. The number of hydrogen-bond donors (Lipinski definition) is 1. The highest BCUT2D eigenvalue weighted by Crippen LogP contribution is 2.34. The summed E-state index contributed by atoms with van der Waals surface area (Å²) in [6, 6.07) is 15.6. The van der Waals surface area contributed by atoms with Crippen molar-refractivity contribution >= 4 is 11.7 Å². The molecule has 0 atom stereocenters. The highest BCUT2D eigenvalue weighted by atomic mass is 16.7.